The molecule has 6 nitrogen and oxygen atoms in total. The standard InChI is InChI=1S/C21H24N2O4/c1-26-18-9-7-16(8-10-18)13-20(24)22-14-21(25)23-11-12-27-19(15-23)17-5-3-2-4-6-17/h2-10,19H,11-15H2,1H3,(H,22,24)/t19-/m0/s1. The second-order valence-electron chi connectivity index (χ2n) is 6.41. The summed E-state index contributed by atoms with van der Waals surface area (Å²) in [6.45, 7) is 1.52. The van der Waals surface area contributed by atoms with Crippen molar-refractivity contribution in [1.29, 1.82) is 0 Å². The molecule has 2 aromatic carbocycles. The van der Waals surface area contributed by atoms with Crippen molar-refractivity contribution in [2.45, 2.75) is 12.5 Å². The molecule has 0 aliphatic carbocycles. The van der Waals surface area contributed by atoms with E-state index < -0.39 is 0 Å². The average Bonchev–Trinajstić information content (AvgIpc) is 2.73. The second kappa shape index (κ2) is 9.19. The van der Waals surface area contributed by atoms with Crippen molar-refractivity contribution < 1.29 is 19.1 Å². The Balaban J connectivity index is 1.47. The molecule has 1 heterocycles. The van der Waals surface area contributed by atoms with Gasteiger partial charge in [0.2, 0.25) is 11.8 Å². The van der Waals surface area contributed by atoms with E-state index in [1.54, 1.807) is 12.0 Å². The van der Waals surface area contributed by atoms with Gasteiger partial charge < -0.3 is 19.7 Å². The van der Waals surface area contributed by atoms with E-state index in [9.17, 15) is 9.59 Å². The molecule has 1 fully saturated rings. The van der Waals surface area contributed by atoms with Crippen LogP contribution in [0, 0.1) is 0 Å². The number of benzene rings is 2. The van der Waals surface area contributed by atoms with Gasteiger partial charge in [0.05, 0.1) is 33.2 Å². The lowest BCUT2D eigenvalue weighted by atomic mass is 10.1. The summed E-state index contributed by atoms with van der Waals surface area (Å²) in [7, 11) is 1.60. The van der Waals surface area contributed by atoms with Gasteiger partial charge in [0.1, 0.15) is 11.9 Å². The fraction of sp³-hybridized carbons (Fsp3) is 0.333. The van der Waals surface area contributed by atoms with Crippen LogP contribution in [0.1, 0.15) is 17.2 Å². The highest BCUT2D eigenvalue weighted by molar-refractivity contribution is 5.85. The number of hydrogen-bond donors (Lipinski definition) is 1. The van der Waals surface area contributed by atoms with Crippen LogP contribution in [0.2, 0.25) is 0 Å². The highest BCUT2D eigenvalue weighted by Crippen LogP contribution is 2.21. The van der Waals surface area contributed by atoms with Crippen molar-refractivity contribution in [3.63, 3.8) is 0 Å². The van der Waals surface area contributed by atoms with Crippen LogP contribution in [-0.2, 0) is 20.7 Å². The topological polar surface area (TPSA) is 67.9 Å². The number of ether oxygens (including phenoxy) is 2. The smallest absolute Gasteiger partial charge is 0.242 e. The molecule has 3 rings (SSSR count). The van der Waals surface area contributed by atoms with Crippen molar-refractivity contribution in [2.75, 3.05) is 33.4 Å². The van der Waals surface area contributed by atoms with Crippen molar-refractivity contribution in [3.05, 3.63) is 65.7 Å². The van der Waals surface area contributed by atoms with Crippen molar-refractivity contribution in [2.24, 2.45) is 0 Å². The number of carbonyl (C=O) groups excluding carboxylic acids is 2. The van der Waals surface area contributed by atoms with E-state index >= 15 is 0 Å². The SMILES string of the molecule is COc1ccc(CC(=O)NCC(=O)N2CCO[C@H](c3ccccc3)C2)cc1. The van der Waals surface area contributed by atoms with E-state index in [1.807, 2.05) is 54.6 Å². The van der Waals surface area contributed by atoms with Crippen LogP contribution in [0.25, 0.3) is 0 Å². The molecule has 0 spiro atoms. The molecular formula is C21H24N2O4. The van der Waals surface area contributed by atoms with Gasteiger partial charge in [-0.25, -0.2) is 0 Å². The number of nitrogens with zero attached hydrogens (tertiary/aromatic N) is 1. The van der Waals surface area contributed by atoms with Crippen molar-refractivity contribution in [3.8, 4) is 5.75 Å². The Bertz CT molecular complexity index is 762. The van der Waals surface area contributed by atoms with Crippen LogP contribution >= 0.6 is 0 Å². The predicted molar refractivity (Wildman–Crippen MR) is 101 cm³/mol. The minimum atomic E-state index is -0.179. The third-order valence-electron chi connectivity index (χ3n) is 4.55. The first-order valence-electron chi connectivity index (χ1n) is 8.99. The Hall–Kier alpha value is -2.86. The van der Waals surface area contributed by atoms with Gasteiger partial charge in [-0.15, -0.1) is 0 Å². The minimum absolute atomic E-state index is 0.00347. The molecule has 27 heavy (non-hydrogen) atoms. The molecule has 1 aliphatic heterocycles. The van der Waals surface area contributed by atoms with E-state index in [2.05, 4.69) is 5.32 Å². The number of carbonyl (C=O) groups is 2. The van der Waals surface area contributed by atoms with Crippen LogP contribution < -0.4 is 10.1 Å². The quantitative estimate of drug-likeness (QED) is 0.846. The number of rotatable bonds is 6. The van der Waals surface area contributed by atoms with Crippen LogP contribution in [0.15, 0.2) is 54.6 Å². The van der Waals surface area contributed by atoms with Gasteiger partial charge in [-0.1, -0.05) is 42.5 Å². The Labute approximate surface area is 159 Å². The molecule has 142 valence electrons. The Morgan fingerprint density at radius 3 is 2.59 bits per heavy atom. The second-order valence-corrected chi connectivity index (χ2v) is 6.41. The zero-order valence-corrected chi connectivity index (χ0v) is 15.4. The van der Waals surface area contributed by atoms with Gasteiger partial charge in [-0.2, -0.15) is 0 Å². The van der Waals surface area contributed by atoms with Crippen molar-refractivity contribution in [1.82, 2.24) is 10.2 Å². The first kappa shape index (κ1) is 18.9. The van der Waals surface area contributed by atoms with Gasteiger partial charge in [0.25, 0.3) is 0 Å². The maximum Gasteiger partial charge on any atom is 0.242 e. The van der Waals surface area contributed by atoms with Crippen LogP contribution in [0.3, 0.4) is 0 Å². The highest BCUT2D eigenvalue weighted by atomic mass is 16.5. The molecule has 1 aliphatic rings. The summed E-state index contributed by atoms with van der Waals surface area (Å²) in [5.41, 5.74) is 1.93. The molecule has 2 aromatic rings. The first-order chi connectivity index (χ1) is 13.2. The molecule has 0 radical (unpaired) electrons. The third-order valence-corrected chi connectivity index (χ3v) is 4.55. The number of morpholine rings is 1. The Morgan fingerprint density at radius 2 is 1.89 bits per heavy atom. The Kier molecular flexibility index (Phi) is 6.44. The normalized spacial score (nSPS) is 16.6. The number of methoxy groups -OCH3 is 1. The molecule has 1 N–H and O–H groups in total. The number of amides is 2. The van der Waals surface area contributed by atoms with E-state index in [4.69, 9.17) is 9.47 Å². The van der Waals surface area contributed by atoms with E-state index in [0.717, 1.165) is 16.9 Å². The van der Waals surface area contributed by atoms with Gasteiger partial charge in [-0.3, -0.25) is 9.59 Å². The van der Waals surface area contributed by atoms with Crippen LogP contribution in [-0.4, -0.2) is 50.1 Å². The fourth-order valence-electron chi connectivity index (χ4n) is 3.02. The summed E-state index contributed by atoms with van der Waals surface area (Å²) >= 11 is 0. The maximum absolute atomic E-state index is 12.5. The summed E-state index contributed by atoms with van der Waals surface area (Å²) in [6, 6.07) is 17.2. The third kappa shape index (κ3) is 5.31. The summed E-state index contributed by atoms with van der Waals surface area (Å²) < 4.78 is 10.9. The maximum atomic E-state index is 12.5. The summed E-state index contributed by atoms with van der Waals surface area (Å²) in [4.78, 5) is 26.3. The zero-order valence-electron chi connectivity index (χ0n) is 15.4. The molecule has 0 aromatic heterocycles. The van der Waals surface area contributed by atoms with E-state index in [-0.39, 0.29) is 30.9 Å². The molecule has 0 bridgehead atoms. The number of hydrogen-bond acceptors (Lipinski definition) is 4. The van der Waals surface area contributed by atoms with Crippen molar-refractivity contribution >= 4 is 11.8 Å². The minimum Gasteiger partial charge on any atom is -0.497 e. The molecule has 1 atom stereocenters. The molecular weight excluding hydrogens is 344 g/mol. The lowest BCUT2D eigenvalue weighted by molar-refractivity contribution is -0.139. The van der Waals surface area contributed by atoms with Gasteiger partial charge in [0, 0.05) is 6.54 Å². The molecule has 0 saturated carbocycles. The highest BCUT2D eigenvalue weighted by Gasteiger charge is 2.25. The molecule has 2 amide bonds. The monoisotopic (exact) mass is 368 g/mol. The lowest BCUT2D eigenvalue weighted by Crippen LogP contribution is -2.46. The summed E-state index contributed by atoms with van der Waals surface area (Å²) in [5, 5.41) is 2.71. The largest absolute Gasteiger partial charge is 0.497 e. The molecule has 0 unspecified atom stereocenters. The van der Waals surface area contributed by atoms with Crippen LogP contribution in [0.4, 0.5) is 0 Å². The van der Waals surface area contributed by atoms with E-state index in [0.29, 0.717) is 19.7 Å². The lowest BCUT2D eigenvalue weighted by Gasteiger charge is -2.33. The fourth-order valence-corrected chi connectivity index (χ4v) is 3.02. The van der Waals surface area contributed by atoms with Gasteiger partial charge in [-0.05, 0) is 23.3 Å². The molecule has 6 heteroatoms. The zero-order chi connectivity index (χ0) is 19.1. The van der Waals surface area contributed by atoms with Crippen LogP contribution in [0.5, 0.6) is 5.75 Å². The number of nitrogens with one attached hydrogen (secondary N) is 1. The Morgan fingerprint density at radius 1 is 1.15 bits per heavy atom. The van der Waals surface area contributed by atoms with E-state index in [1.165, 1.54) is 0 Å². The molecule has 1 saturated heterocycles. The first-order valence-corrected chi connectivity index (χ1v) is 8.99. The summed E-state index contributed by atoms with van der Waals surface area (Å²) in [6.07, 6.45) is 0.103. The van der Waals surface area contributed by atoms with Gasteiger partial charge in [0.15, 0.2) is 0 Å². The predicted octanol–water partition coefficient (Wildman–Crippen LogP) is 1.95. The average molecular weight is 368 g/mol. The van der Waals surface area contributed by atoms with Gasteiger partial charge >= 0.3 is 0 Å². The summed E-state index contributed by atoms with van der Waals surface area (Å²) in [5.74, 6) is 0.471.